The van der Waals surface area contributed by atoms with Crippen LogP contribution >= 0.6 is 0 Å². The molecule has 0 aromatic rings. The number of Topliss-reactive ketones (excluding diaryl/α,β-unsaturated/α-hetero) is 2. The lowest BCUT2D eigenvalue weighted by molar-refractivity contribution is -0.136. The fraction of sp³-hybridized carbons (Fsp3) is 0.800. The van der Waals surface area contributed by atoms with Crippen LogP contribution in [0.3, 0.4) is 0 Å². The fourth-order valence-corrected chi connectivity index (χ4v) is 1.69. The SMILES string of the molecule is CC(C)C1CCCC(=O)C(=O)C1. The van der Waals surface area contributed by atoms with Crippen molar-refractivity contribution in [2.75, 3.05) is 0 Å². The smallest absolute Gasteiger partial charge is 0.198 e. The average molecular weight is 168 g/mol. The monoisotopic (exact) mass is 168 g/mol. The number of rotatable bonds is 1. The third-order valence-corrected chi connectivity index (χ3v) is 2.68. The van der Waals surface area contributed by atoms with Crippen LogP contribution in [-0.2, 0) is 9.59 Å². The molecule has 1 fully saturated rings. The average Bonchev–Trinajstić information content (AvgIpc) is 2.15. The van der Waals surface area contributed by atoms with Gasteiger partial charge in [-0.25, -0.2) is 0 Å². The van der Waals surface area contributed by atoms with Gasteiger partial charge in [-0.3, -0.25) is 9.59 Å². The molecule has 68 valence electrons. The topological polar surface area (TPSA) is 34.1 Å². The Balaban J connectivity index is 2.60. The highest BCUT2D eigenvalue weighted by molar-refractivity contribution is 6.37. The van der Waals surface area contributed by atoms with Crippen LogP contribution in [0.1, 0.15) is 39.5 Å². The van der Waals surface area contributed by atoms with Crippen molar-refractivity contribution in [2.45, 2.75) is 39.5 Å². The van der Waals surface area contributed by atoms with Crippen molar-refractivity contribution in [2.24, 2.45) is 11.8 Å². The lowest BCUT2D eigenvalue weighted by Crippen LogP contribution is -2.16. The molecule has 0 saturated heterocycles. The molecule has 1 aliphatic carbocycles. The highest BCUT2D eigenvalue weighted by Gasteiger charge is 2.25. The van der Waals surface area contributed by atoms with E-state index >= 15 is 0 Å². The molecule has 0 aromatic carbocycles. The van der Waals surface area contributed by atoms with Crippen LogP contribution in [0.25, 0.3) is 0 Å². The zero-order chi connectivity index (χ0) is 9.14. The Bertz CT molecular complexity index is 194. The summed E-state index contributed by atoms with van der Waals surface area (Å²) in [6.45, 7) is 4.24. The van der Waals surface area contributed by atoms with E-state index in [4.69, 9.17) is 0 Å². The molecule has 0 aliphatic heterocycles. The predicted molar refractivity (Wildman–Crippen MR) is 46.8 cm³/mol. The maximum Gasteiger partial charge on any atom is 0.198 e. The Kier molecular flexibility index (Phi) is 3.01. The van der Waals surface area contributed by atoms with Crippen molar-refractivity contribution in [1.29, 1.82) is 0 Å². The van der Waals surface area contributed by atoms with E-state index in [1.807, 2.05) is 0 Å². The van der Waals surface area contributed by atoms with E-state index in [0.29, 0.717) is 24.7 Å². The first kappa shape index (κ1) is 9.43. The van der Waals surface area contributed by atoms with Crippen LogP contribution < -0.4 is 0 Å². The Labute approximate surface area is 73.3 Å². The van der Waals surface area contributed by atoms with Crippen molar-refractivity contribution in [1.82, 2.24) is 0 Å². The highest BCUT2D eigenvalue weighted by Crippen LogP contribution is 2.25. The minimum absolute atomic E-state index is 0.147. The molecule has 0 aromatic heterocycles. The lowest BCUT2D eigenvalue weighted by Gasteiger charge is -2.16. The Hall–Kier alpha value is -0.660. The second kappa shape index (κ2) is 3.83. The van der Waals surface area contributed by atoms with Gasteiger partial charge >= 0.3 is 0 Å². The van der Waals surface area contributed by atoms with E-state index in [1.54, 1.807) is 0 Å². The summed E-state index contributed by atoms with van der Waals surface area (Å²) in [5, 5.41) is 0. The fourth-order valence-electron chi connectivity index (χ4n) is 1.69. The molecular weight excluding hydrogens is 152 g/mol. The lowest BCUT2D eigenvalue weighted by atomic mass is 9.89. The second-order valence-electron chi connectivity index (χ2n) is 3.95. The first-order valence-electron chi connectivity index (χ1n) is 4.67. The highest BCUT2D eigenvalue weighted by atomic mass is 16.2. The maximum atomic E-state index is 11.2. The zero-order valence-corrected chi connectivity index (χ0v) is 7.80. The number of hydrogen-bond acceptors (Lipinski definition) is 2. The summed E-state index contributed by atoms with van der Waals surface area (Å²) in [7, 11) is 0. The quantitative estimate of drug-likeness (QED) is 0.443. The van der Waals surface area contributed by atoms with Crippen LogP contribution in [0, 0.1) is 11.8 Å². The molecule has 0 heterocycles. The summed E-state index contributed by atoms with van der Waals surface area (Å²) in [4.78, 5) is 22.2. The van der Waals surface area contributed by atoms with Crippen molar-refractivity contribution in [3.8, 4) is 0 Å². The molecule has 0 radical (unpaired) electrons. The summed E-state index contributed by atoms with van der Waals surface area (Å²) < 4.78 is 0. The third-order valence-electron chi connectivity index (χ3n) is 2.68. The predicted octanol–water partition coefficient (Wildman–Crippen LogP) is 1.97. The Morgan fingerprint density at radius 3 is 2.50 bits per heavy atom. The first-order valence-corrected chi connectivity index (χ1v) is 4.67. The van der Waals surface area contributed by atoms with Crippen LogP contribution in [0.2, 0.25) is 0 Å². The molecular formula is C10H16O2. The summed E-state index contributed by atoms with van der Waals surface area (Å²) >= 11 is 0. The van der Waals surface area contributed by atoms with Gasteiger partial charge in [-0.15, -0.1) is 0 Å². The van der Waals surface area contributed by atoms with Crippen molar-refractivity contribution >= 4 is 11.6 Å². The number of carbonyl (C=O) groups is 2. The molecule has 2 heteroatoms. The maximum absolute atomic E-state index is 11.2. The molecule has 1 atom stereocenters. The van der Waals surface area contributed by atoms with Gasteiger partial charge in [-0.1, -0.05) is 13.8 Å². The molecule has 0 N–H and O–H groups in total. The van der Waals surface area contributed by atoms with E-state index in [-0.39, 0.29) is 11.6 Å². The summed E-state index contributed by atoms with van der Waals surface area (Å²) in [5.74, 6) is 0.660. The molecule has 1 rings (SSSR count). The van der Waals surface area contributed by atoms with Gasteiger partial charge in [-0.2, -0.15) is 0 Å². The van der Waals surface area contributed by atoms with Crippen molar-refractivity contribution in [3.63, 3.8) is 0 Å². The minimum atomic E-state index is -0.154. The number of ketones is 2. The normalized spacial score (nSPS) is 26.1. The van der Waals surface area contributed by atoms with Crippen molar-refractivity contribution in [3.05, 3.63) is 0 Å². The van der Waals surface area contributed by atoms with Crippen LogP contribution in [-0.4, -0.2) is 11.6 Å². The van der Waals surface area contributed by atoms with Crippen LogP contribution in [0.5, 0.6) is 0 Å². The van der Waals surface area contributed by atoms with Crippen LogP contribution in [0.4, 0.5) is 0 Å². The van der Waals surface area contributed by atoms with E-state index in [2.05, 4.69) is 13.8 Å². The second-order valence-corrected chi connectivity index (χ2v) is 3.95. The molecule has 0 bridgehead atoms. The Morgan fingerprint density at radius 2 is 1.92 bits per heavy atom. The van der Waals surface area contributed by atoms with Gasteiger partial charge in [0.05, 0.1) is 0 Å². The molecule has 1 unspecified atom stereocenters. The van der Waals surface area contributed by atoms with Gasteiger partial charge in [0.2, 0.25) is 0 Å². The Morgan fingerprint density at radius 1 is 1.25 bits per heavy atom. The van der Waals surface area contributed by atoms with Crippen LogP contribution in [0.15, 0.2) is 0 Å². The standard InChI is InChI=1S/C10H16O2/c1-7(2)8-4-3-5-9(11)10(12)6-8/h7-8H,3-6H2,1-2H3. The molecule has 0 spiro atoms. The largest absolute Gasteiger partial charge is 0.291 e. The molecule has 2 nitrogen and oxygen atoms in total. The molecule has 0 amide bonds. The van der Waals surface area contributed by atoms with Crippen molar-refractivity contribution < 1.29 is 9.59 Å². The third kappa shape index (κ3) is 2.16. The number of hydrogen-bond donors (Lipinski definition) is 0. The minimum Gasteiger partial charge on any atom is -0.291 e. The molecule has 1 saturated carbocycles. The van der Waals surface area contributed by atoms with E-state index in [1.165, 1.54) is 0 Å². The molecule has 1 aliphatic rings. The summed E-state index contributed by atoms with van der Waals surface area (Å²) in [6.07, 6.45) is 2.89. The molecule has 12 heavy (non-hydrogen) atoms. The first-order chi connectivity index (χ1) is 5.61. The summed E-state index contributed by atoms with van der Waals surface area (Å²) in [6, 6.07) is 0. The van der Waals surface area contributed by atoms with E-state index in [0.717, 1.165) is 12.8 Å². The van der Waals surface area contributed by atoms with E-state index < -0.39 is 0 Å². The summed E-state index contributed by atoms with van der Waals surface area (Å²) in [5.41, 5.74) is 0. The van der Waals surface area contributed by atoms with Gasteiger partial charge in [0.25, 0.3) is 0 Å². The van der Waals surface area contributed by atoms with Gasteiger partial charge in [0.1, 0.15) is 0 Å². The van der Waals surface area contributed by atoms with Gasteiger partial charge in [0.15, 0.2) is 11.6 Å². The van der Waals surface area contributed by atoms with E-state index in [9.17, 15) is 9.59 Å². The van der Waals surface area contributed by atoms with Gasteiger partial charge in [-0.05, 0) is 24.7 Å². The van der Waals surface area contributed by atoms with Gasteiger partial charge < -0.3 is 0 Å². The number of carbonyl (C=O) groups excluding carboxylic acids is 2. The zero-order valence-electron chi connectivity index (χ0n) is 7.80. The van der Waals surface area contributed by atoms with Gasteiger partial charge in [0, 0.05) is 12.8 Å².